The van der Waals surface area contributed by atoms with Gasteiger partial charge in [-0.25, -0.2) is 0 Å². The number of nitrogens with zero attached hydrogens (tertiary/aromatic N) is 2. The second-order valence-electron chi connectivity index (χ2n) is 6.64. The lowest BCUT2D eigenvalue weighted by Crippen LogP contribution is -2.48. The first-order chi connectivity index (χ1) is 9.50. The maximum Gasteiger partial charge on any atom is 0.242 e. The molecule has 0 radical (unpaired) electrons. The number of rotatable bonds is 5. The normalized spacial score (nSPS) is 21.8. The number of likely N-dealkylation sites (tertiary alicyclic amines) is 1. The second kappa shape index (κ2) is 6.59. The molecule has 0 aromatic carbocycles. The van der Waals surface area contributed by atoms with Crippen LogP contribution in [0.4, 0.5) is 0 Å². The van der Waals surface area contributed by atoms with Crippen molar-refractivity contribution in [2.24, 2.45) is 5.92 Å². The van der Waals surface area contributed by atoms with Crippen molar-refractivity contribution >= 4 is 11.8 Å². The molecule has 2 rings (SSSR count). The molecule has 1 atom stereocenters. The Balaban J connectivity index is 1.98. The van der Waals surface area contributed by atoms with E-state index in [9.17, 15) is 9.59 Å². The molecule has 1 heterocycles. The number of carbonyl (C=O) groups excluding carboxylic acids is 2. The quantitative estimate of drug-likeness (QED) is 0.776. The minimum absolute atomic E-state index is 0.143. The van der Waals surface area contributed by atoms with Crippen molar-refractivity contribution in [1.82, 2.24) is 9.80 Å². The van der Waals surface area contributed by atoms with Gasteiger partial charge < -0.3 is 9.80 Å². The molecule has 1 saturated heterocycles. The Morgan fingerprint density at radius 1 is 1.25 bits per heavy atom. The zero-order chi connectivity index (χ0) is 14.7. The van der Waals surface area contributed by atoms with Crippen molar-refractivity contribution in [3.8, 4) is 0 Å². The molecule has 2 fully saturated rings. The lowest BCUT2D eigenvalue weighted by molar-refractivity contribution is -0.142. The van der Waals surface area contributed by atoms with Gasteiger partial charge in [0.15, 0.2) is 0 Å². The molecular weight excluding hydrogens is 252 g/mol. The van der Waals surface area contributed by atoms with Crippen LogP contribution in [-0.4, -0.2) is 46.8 Å². The Morgan fingerprint density at radius 3 is 2.55 bits per heavy atom. The van der Waals surface area contributed by atoms with Gasteiger partial charge in [-0.1, -0.05) is 20.3 Å². The van der Waals surface area contributed by atoms with Gasteiger partial charge in [0.25, 0.3) is 0 Å². The average molecular weight is 280 g/mol. The molecule has 2 aliphatic rings. The van der Waals surface area contributed by atoms with Gasteiger partial charge in [0.1, 0.15) is 0 Å². The Labute approximate surface area is 122 Å². The zero-order valence-electron chi connectivity index (χ0n) is 13.1. The fraction of sp³-hybridized carbons (Fsp3) is 0.875. The summed E-state index contributed by atoms with van der Waals surface area (Å²) < 4.78 is 0. The highest BCUT2D eigenvalue weighted by Crippen LogP contribution is 2.31. The highest BCUT2D eigenvalue weighted by atomic mass is 16.2. The molecule has 0 N–H and O–H groups in total. The highest BCUT2D eigenvalue weighted by molar-refractivity contribution is 5.85. The maximum absolute atomic E-state index is 12.6. The van der Waals surface area contributed by atoms with Crippen LogP contribution in [0, 0.1) is 5.92 Å². The van der Waals surface area contributed by atoms with E-state index < -0.39 is 0 Å². The largest absolute Gasteiger partial charge is 0.335 e. The summed E-state index contributed by atoms with van der Waals surface area (Å²) in [5, 5.41) is 0. The van der Waals surface area contributed by atoms with Gasteiger partial charge in [-0.05, 0) is 38.5 Å². The SMILES string of the molecule is CC(C)C(C)N(C(=O)CN1CCCCCC1=O)C1CC1. The van der Waals surface area contributed by atoms with Gasteiger partial charge in [-0.15, -0.1) is 0 Å². The molecule has 1 aliphatic carbocycles. The van der Waals surface area contributed by atoms with E-state index >= 15 is 0 Å². The van der Waals surface area contributed by atoms with Crippen LogP contribution in [0.1, 0.15) is 59.3 Å². The van der Waals surface area contributed by atoms with Gasteiger partial charge in [0, 0.05) is 25.0 Å². The first-order valence-corrected chi connectivity index (χ1v) is 8.09. The minimum Gasteiger partial charge on any atom is -0.335 e. The van der Waals surface area contributed by atoms with E-state index in [1.807, 2.05) is 4.90 Å². The van der Waals surface area contributed by atoms with Crippen LogP contribution < -0.4 is 0 Å². The molecule has 0 spiro atoms. The molecular formula is C16H28N2O2. The zero-order valence-corrected chi connectivity index (χ0v) is 13.1. The van der Waals surface area contributed by atoms with E-state index in [4.69, 9.17) is 0 Å². The van der Waals surface area contributed by atoms with Crippen molar-refractivity contribution in [3.05, 3.63) is 0 Å². The summed E-state index contributed by atoms with van der Waals surface area (Å²) in [6, 6.07) is 0.680. The third-order valence-electron chi connectivity index (χ3n) is 4.63. The number of hydrogen-bond acceptors (Lipinski definition) is 2. The Hall–Kier alpha value is -1.06. The van der Waals surface area contributed by atoms with Crippen molar-refractivity contribution in [3.63, 3.8) is 0 Å². The average Bonchev–Trinajstić information content (AvgIpc) is 3.21. The molecule has 2 amide bonds. The fourth-order valence-corrected chi connectivity index (χ4v) is 2.89. The second-order valence-corrected chi connectivity index (χ2v) is 6.64. The summed E-state index contributed by atoms with van der Waals surface area (Å²) in [5.41, 5.74) is 0. The Kier molecular flexibility index (Phi) is 5.06. The summed E-state index contributed by atoms with van der Waals surface area (Å²) in [5.74, 6) is 0.757. The van der Waals surface area contributed by atoms with Crippen LogP contribution >= 0.6 is 0 Å². The van der Waals surface area contributed by atoms with Crippen LogP contribution in [0.25, 0.3) is 0 Å². The van der Waals surface area contributed by atoms with E-state index in [2.05, 4.69) is 20.8 Å². The highest BCUT2D eigenvalue weighted by Gasteiger charge is 2.37. The molecule has 4 heteroatoms. The number of hydrogen-bond donors (Lipinski definition) is 0. The molecule has 0 bridgehead atoms. The van der Waals surface area contributed by atoms with Gasteiger partial charge in [-0.2, -0.15) is 0 Å². The summed E-state index contributed by atoms with van der Waals surface area (Å²) in [6.07, 6.45) is 5.95. The van der Waals surface area contributed by atoms with Crippen molar-refractivity contribution in [2.45, 2.75) is 71.4 Å². The Morgan fingerprint density at radius 2 is 1.95 bits per heavy atom. The number of carbonyl (C=O) groups is 2. The first-order valence-electron chi connectivity index (χ1n) is 8.09. The first kappa shape index (κ1) is 15.3. The summed E-state index contributed by atoms with van der Waals surface area (Å²) in [6.45, 7) is 7.48. The van der Waals surface area contributed by atoms with Crippen LogP contribution in [0.15, 0.2) is 0 Å². The van der Waals surface area contributed by atoms with E-state index in [0.717, 1.165) is 38.6 Å². The number of amides is 2. The predicted molar refractivity (Wildman–Crippen MR) is 79.2 cm³/mol. The smallest absolute Gasteiger partial charge is 0.242 e. The third kappa shape index (κ3) is 3.74. The fourth-order valence-electron chi connectivity index (χ4n) is 2.89. The summed E-state index contributed by atoms with van der Waals surface area (Å²) >= 11 is 0. The van der Waals surface area contributed by atoms with Gasteiger partial charge in [0.05, 0.1) is 6.54 Å². The molecule has 4 nitrogen and oxygen atoms in total. The lowest BCUT2D eigenvalue weighted by Gasteiger charge is -2.34. The topological polar surface area (TPSA) is 40.6 Å². The van der Waals surface area contributed by atoms with E-state index in [-0.39, 0.29) is 24.4 Å². The van der Waals surface area contributed by atoms with Gasteiger partial charge >= 0.3 is 0 Å². The van der Waals surface area contributed by atoms with Gasteiger partial charge in [0.2, 0.25) is 11.8 Å². The maximum atomic E-state index is 12.6. The van der Waals surface area contributed by atoms with E-state index in [1.54, 1.807) is 4.90 Å². The summed E-state index contributed by atoms with van der Waals surface area (Å²) in [4.78, 5) is 28.5. The molecule has 114 valence electrons. The monoisotopic (exact) mass is 280 g/mol. The van der Waals surface area contributed by atoms with Crippen LogP contribution in [0.3, 0.4) is 0 Å². The minimum atomic E-state index is 0.143. The lowest BCUT2D eigenvalue weighted by atomic mass is 10.0. The molecule has 1 unspecified atom stereocenters. The van der Waals surface area contributed by atoms with Crippen molar-refractivity contribution in [1.29, 1.82) is 0 Å². The molecule has 1 saturated carbocycles. The van der Waals surface area contributed by atoms with Crippen LogP contribution in [0.2, 0.25) is 0 Å². The van der Waals surface area contributed by atoms with Crippen LogP contribution in [0.5, 0.6) is 0 Å². The standard InChI is InChI=1S/C16H28N2O2/c1-12(2)13(3)18(14-8-9-14)16(20)11-17-10-6-4-5-7-15(17)19/h12-14H,4-11H2,1-3H3. The molecule has 20 heavy (non-hydrogen) atoms. The van der Waals surface area contributed by atoms with Crippen molar-refractivity contribution in [2.75, 3.05) is 13.1 Å². The Bertz CT molecular complexity index is 363. The van der Waals surface area contributed by atoms with Gasteiger partial charge in [-0.3, -0.25) is 9.59 Å². The summed E-state index contributed by atoms with van der Waals surface area (Å²) in [7, 11) is 0. The molecule has 0 aromatic rings. The predicted octanol–water partition coefficient (Wildman–Crippen LogP) is 2.42. The van der Waals surface area contributed by atoms with E-state index in [1.165, 1.54) is 0 Å². The molecule has 0 aromatic heterocycles. The van der Waals surface area contributed by atoms with E-state index in [0.29, 0.717) is 18.4 Å². The molecule has 1 aliphatic heterocycles. The van der Waals surface area contributed by atoms with Crippen LogP contribution in [-0.2, 0) is 9.59 Å². The third-order valence-corrected chi connectivity index (χ3v) is 4.63. The van der Waals surface area contributed by atoms with Crippen molar-refractivity contribution < 1.29 is 9.59 Å².